The molecule has 1 aliphatic heterocycles. The summed E-state index contributed by atoms with van der Waals surface area (Å²) in [5.41, 5.74) is 0.374. The third kappa shape index (κ3) is 1.90. The molecule has 1 aromatic heterocycles. The van der Waals surface area contributed by atoms with Crippen molar-refractivity contribution >= 4 is 12.6 Å². The van der Waals surface area contributed by atoms with Gasteiger partial charge in [0.25, 0.3) is 0 Å². The maximum atomic E-state index is 14.2. The average molecular weight is 311 g/mol. The van der Waals surface area contributed by atoms with Gasteiger partial charge in [-0.05, 0) is 30.5 Å². The Morgan fingerprint density at radius 2 is 2.00 bits per heavy atom. The molecule has 0 bridgehead atoms. The molecular formula is C14H12F3N3S. The number of hydrogen-bond acceptors (Lipinski definition) is 3. The van der Waals surface area contributed by atoms with Gasteiger partial charge < -0.3 is 0 Å². The largest absolute Gasteiger partial charge is 0.239 e. The molecule has 110 valence electrons. The predicted octanol–water partition coefficient (Wildman–Crippen LogP) is 3.48. The van der Waals surface area contributed by atoms with E-state index in [9.17, 15) is 13.2 Å². The molecular weight excluding hydrogens is 299 g/mol. The normalized spacial score (nSPS) is 27.9. The fraction of sp³-hybridized carbons (Fsp3) is 0.429. The van der Waals surface area contributed by atoms with E-state index in [1.165, 1.54) is 10.7 Å². The van der Waals surface area contributed by atoms with Crippen LogP contribution in [-0.2, 0) is 4.87 Å². The van der Waals surface area contributed by atoms with Crippen LogP contribution in [0, 0.1) is 11.6 Å². The number of aromatic nitrogens is 3. The number of alkyl halides is 1. The topological polar surface area (TPSA) is 30.7 Å². The zero-order valence-corrected chi connectivity index (χ0v) is 11.8. The minimum atomic E-state index is -1.31. The van der Waals surface area contributed by atoms with E-state index in [1.54, 1.807) is 0 Å². The van der Waals surface area contributed by atoms with Crippen molar-refractivity contribution in [3.05, 3.63) is 47.0 Å². The van der Waals surface area contributed by atoms with Crippen LogP contribution in [0.15, 0.2) is 18.2 Å². The van der Waals surface area contributed by atoms with Crippen molar-refractivity contribution in [2.75, 3.05) is 0 Å². The molecule has 1 fully saturated rings. The Labute approximate surface area is 124 Å². The molecule has 1 aliphatic carbocycles. The van der Waals surface area contributed by atoms with Gasteiger partial charge in [0.2, 0.25) is 0 Å². The molecule has 0 spiro atoms. The Morgan fingerprint density at radius 1 is 1.24 bits per heavy atom. The van der Waals surface area contributed by atoms with Crippen LogP contribution in [-0.4, -0.2) is 14.8 Å². The summed E-state index contributed by atoms with van der Waals surface area (Å²) in [6.07, 6.45) is 0.702. The maximum absolute atomic E-state index is 14.2. The van der Waals surface area contributed by atoms with Gasteiger partial charge in [0.05, 0.1) is 0 Å². The second-order valence-electron chi connectivity index (χ2n) is 5.63. The fourth-order valence-electron chi connectivity index (χ4n) is 2.74. The number of nitrogens with zero attached hydrogens (tertiary/aromatic N) is 3. The number of hydrogen-bond donors (Lipinski definition) is 1. The first-order valence-corrected chi connectivity index (χ1v) is 7.23. The van der Waals surface area contributed by atoms with Crippen molar-refractivity contribution in [2.24, 2.45) is 0 Å². The SMILES string of the molecule is Fc1ccc([C@@]2(S)C[C@H](F)c3nc(C4CC4)nn32)cc1F. The Morgan fingerprint density at radius 3 is 2.67 bits per heavy atom. The lowest BCUT2D eigenvalue weighted by Crippen LogP contribution is -2.26. The Kier molecular flexibility index (Phi) is 2.67. The second-order valence-corrected chi connectivity index (χ2v) is 6.37. The molecule has 0 amide bonds. The number of fused-ring (bicyclic) bond motifs is 1. The van der Waals surface area contributed by atoms with E-state index in [0.717, 1.165) is 25.0 Å². The van der Waals surface area contributed by atoms with E-state index in [0.29, 0.717) is 11.4 Å². The first kappa shape index (κ1) is 13.2. The molecule has 7 heteroatoms. The van der Waals surface area contributed by atoms with Crippen molar-refractivity contribution in [1.29, 1.82) is 0 Å². The Bertz CT molecular complexity index is 728. The van der Waals surface area contributed by atoms with E-state index in [2.05, 4.69) is 22.7 Å². The van der Waals surface area contributed by atoms with E-state index in [-0.39, 0.29) is 18.2 Å². The summed E-state index contributed by atoms with van der Waals surface area (Å²) in [7, 11) is 0. The van der Waals surface area contributed by atoms with Crippen LogP contribution in [0.5, 0.6) is 0 Å². The van der Waals surface area contributed by atoms with Gasteiger partial charge in [0.15, 0.2) is 29.5 Å². The molecule has 21 heavy (non-hydrogen) atoms. The zero-order chi connectivity index (χ0) is 14.8. The molecule has 2 atom stereocenters. The second kappa shape index (κ2) is 4.25. The van der Waals surface area contributed by atoms with Gasteiger partial charge >= 0.3 is 0 Å². The third-order valence-electron chi connectivity index (χ3n) is 4.07. The molecule has 2 aliphatic rings. The van der Waals surface area contributed by atoms with Crippen molar-refractivity contribution in [3.8, 4) is 0 Å². The van der Waals surface area contributed by atoms with Crippen molar-refractivity contribution in [1.82, 2.24) is 14.8 Å². The van der Waals surface area contributed by atoms with Crippen LogP contribution in [0.2, 0.25) is 0 Å². The van der Waals surface area contributed by atoms with Crippen LogP contribution in [0.4, 0.5) is 13.2 Å². The van der Waals surface area contributed by atoms with Crippen molar-refractivity contribution in [2.45, 2.75) is 36.2 Å². The first-order valence-electron chi connectivity index (χ1n) is 6.78. The Balaban J connectivity index is 1.83. The summed E-state index contributed by atoms with van der Waals surface area (Å²) in [5, 5.41) is 4.36. The van der Waals surface area contributed by atoms with E-state index < -0.39 is 22.7 Å². The lowest BCUT2D eigenvalue weighted by Gasteiger charge is -2.24. The zero-order valence-electron chi connectivity index (χ0n) is 10.9. The monoisotopic (exact) mass is 311 g/mol. The van der Waals surface area contributed by atoms with Gasteiger partial charge in [-0.2, -0.15) is 5.10 Å². The van der Waals surface area contributed by atoms with Crippen molar-refractivity contribution < 1.29 is 13.2 Å². The van der Waals surface area contributed by atoms with Gasteiger partial charge in [0.1, 0.15) is 4.87 Å². The molecule has 1 aromatic carbocycles. The number of halogens is 3. The maximum Gasteiger partial charge on any atom is 0.163 e. The molecule has 2 aromatic rings. The van der Waals surface area contributed by atoms with Gasteiger partial charge in [0, 0.05) is 12.3 Å². The van der Waals surface area contributed by atoms with Crippen LogP contribution in [0.25, 0.3) is 0 Å². The summed E-state index contributed by atoms with van der Waals surface area (Å²) in [5.74, 6) is -0.793. The van der Waals surface area contributed by atoms with Crippen LogP contribution in [0.3, 0.4) is 0 Å². The van der Waals surface area contributed by atoms with Crippen LogP contribution >= 0.6 is 12.6 Å². The van der Waals surface area contributed by atoms with Gasteiger partial charge in [-0.1, -0.05) is 6.07 Å². The number of rotatable bonds is 2. The average Bonchev–Trinajstić information content (AvgIpc) is 3.14. The lowest BCUT2D eigenvalue weighted by molar-refractivity contribution is 0.319. The molecule has 3 nitrogen and oxygen atoms in total. The van der Waals surface area contributed by atoms with E-state index in [4.69, 9.17) is 0 Å². The smallest absolute Gasteiger partial charge is 0.163 e. The number of benzene rings is 1. The summed E-state index contributed by atoms with van der Waals surface area (Å²) < 4.78 is 42.2. The number of thiol groups is 1. The fourth-order valence-corrected chi connectivity index (χ4v) is 3.19. The summed E-state index contributed by atoms with van der Waals surface area (Å²) in [6.45, 7) is 0. The molecule has 0 radical (unpaired) electrons. The van der Waals surface area contributed by atoms with Crippen molar-refractivity contribution in [3.63, 3.8) is 0 Å². The minimum absolute atomic E-state index is 0.00145. The summed E-state index contributed by atoms with van der Waals surface area (Å²) in [4.78, 5) is 3.12. The first-order chi connectivity index (χ1) is 9.99. The standard InChI is InChI=1S/C14H12F3N3S/c15-9-4-3-8(5-10(9)16)14(21)6-11(17)13-18-12(7-1-2-7)19-20(13)14/h3-5,7,11,21H,1-2,6H2/t11-,14-/m0/s1. The Hall–Kier alpha value is -1.50. The molecule has 0 saturated heterocycles. The van der Waals surface area contributed by atoms with Crippen LogP contribution in [0.1, 0.15) is 48.6 Å². The third-order valence-corrected chi connectivity index (χ3v) is 4.70. The van der Waals surface area contributed by atoms with E-state index >= 15 is 0 Å². The molecule has 1 saturated carbocycles. The molecule has 0 N–H and O–H groups in total. The summed E-state index contributed by atoms with van der Waals surface area (Å²) in [6, 6.07) is 3.47. The van der Waals surface area contributed by atoms with Gasteiger partial charge in [-0.25, -0.2) is 22.8 Å². The molecule has 2 heterocycles. The van der Waals surface area contributed by atoms with Gasteiger partial charge in [-0.15, -0.1) is 12.6 Å². The van der Waals surface area contributed by atoms with Crippen LogP contribution < -0.4 is 0 Å². The summed E-state index contributed by atoms with van der Waals surface area (Å²) >= 11 is 4.52. The highest BCUT2D eigenvalue weighted by Crippen LogP contribution is 2.49. The minimum Gasteiger partial charge on any atom is -0.239 e. The lowest BCUT2D eigenvalue weighted by atomic mass is 10.0. The highest BCUT2D eigenvalue weighted by Gasteiger charge is 2.47. The highest BCUT2D eigenvalue weighted by atomic mass is 32.1. The van der Waals surface area contributed by atoms with E-state index in [1.807, 2.05) is 0 Å². The molecule has 0 unspecified atom stereocenters. The highest BCUT2D eigenvalue weighted by molar-refractivity contribution is 7.81. The van der Waals surface area contributed by atoms with Gasteiger partial charge in [-0.3, -0.25) is 0 Å². The molecule has 4 rings (SSSR count). The quantitative estimate of drug-likeness (QED) is 0.861. The predicted molar refractivity (Wildman–Crippen MR) is 72.9 cm³/mol.